The zero-order valence-electron chi connectivity index (χ0n) is 58.5. The molecule has 0 spiro atoms. The number of benzene rings is 4. The van der Waals surface area contributed by atoms with E-state index in [1.807, 2.05) is 26.8 Å². The van der Waals surface area contributed by atoms with Gasteiger partial charge in [-0.05, 0) is 144 Å². The molecule has 0 unspecified atom stereocenters. The van der Waals surface area contributed by atoms with Crippen molar-refractivity contribution >= 4 is 47.2 Å². The lowest BCUT2D eigenvalue weighted by atomic mass is 9.72. The molecule has 0 atom stereocenters. The van der Waals surface area contributed by atoms with Crippen LogP contribution in [0.25, 0.3) is 11.1 Å². The summed E-state index contributed by atoms with van der Waals surface area (Å²) in [6.07, 6.45) is 15.4. The number of hydrogen-bond acceptors (Lipinski definition) is 11. The molecule has 0 radical (unpaired) electrons. The first-order valence-corrected chi connectivity index (χ1v) is 36.3. The van der Waals surface area contributed by atoms with Crippen molar-refractivity contribution in [3.05, 3.63) is 146 Å². The summed E-state index contributed by atoms with van der Waals surface area (Å²) in [5, 5.41) is 56.1. The van der Waals surface area contributed by atoms with Gasteiger partial charge in [0, 0.05) is 66.4 Å². The van der Waals surface area contributed by atoms with Crippen molar-refractivity contribution in [3.8, 4) is 16.9 Å². The second-order valence-electron chi connectivity index (χ2n) is 27.5. The summed E-state index contributed by atoms with van der Waals surface area (Å²) in [5.74, 6) is -10.5. The van der Waals surface area contributed by atoms with Crippen molar-refractivity contribution < 1.29 is 94.9 Å². The zero-order valence-corrected chi connectivity index (χ0v) is 59.3. The third-order valence-electron chi connectivity index (χ3n) is 20.5. The number of aryl methyl sites for hydroxylation is 2. The van der Waals surface area contributed by atoms with Crippen LogP contribution in [0.1, 0.15) is 212 Å². The fraction of sp³-hybridized carbons (Fsp3) is 0.558. The highest BCUT2D eigenvalue weighted by Crippen LogP contribution is 2.44. The van der Waals surface area contributed by atoms with E-state index in [1.165, 1.54) is 63.9 Å². The maximum atomic E-state index is 14.7. The molecule has 3 fully saturated rings. The molecule has 4 aromatic carbocycles. The number of likely N-dealkylation sites (tertiary alicyclic amines) is 1. The largest absolute Gasteiger partial charge is 0.488 e. The topological polar surface area (TPSA) is 243 Å². The van der Waals surface area contributed by atoms with Crippen LogP contribution in [0, 0.1) is 39.5 Å². The van der Waals surface area contributed by atoms with E-state index < -0.39 is 86.4 Å². The molecule has 24 heteroatoms. The number of alkyl halides is 3. The molecular weight excluding hydrogens is 1340 g/mol. The number of aliphatic carboxylic acids is 6. The smallest absolute Gasteiger partial charge is 0.426 e. The van der Waals surface area contributed by atoms with Crippen LogP contribution < -0.4 is 4.74 Å². The number of unbranched alkanes of at least 4 members (excludes halogenated alkanes) is 13. The average Bonchev–Trinajstić information content (AvgIpc) is 1.07. The van der Waals surface area contributed by atoms with Gasteiger partial charge in [0.1, 0.15) is 17.2 Å². The first-order chi connectivity index (χ1) is 48.0. The third kappa shape index (κ3) is 22.8. The monoisotopic (exact) mass is 1440 g/mol. The lowest BCUT2D eigenvalue weighted by Crippen LogP contribution is -2.48. The summed E-state index contributed by atoms with van der Waals surface area (Å²) in [6.45, 7) is 5.98. The molecule has 5 aromatic rings. The van der Waals surface area contributed by atoms with Gasteiger partial charge in [0.2, 0.25) is 0 Å². The van der Waals surface area contributed by atoms with Gasteiger partial charge >= 0.3 is 42.0 Å². The molecule has 556 valence electrons. The molecule has 101 heavy (non-hydrogen) atoms. The molecule has 1 saturated heterocycles. The number of halogens is 7. The molecule has 8 rings (SSSR count). The molecule has 2 aliphatic carbocycles. The van der Waals surface area contributed by atoms with Gasteiger partial charge in [-0.2, -0.15) is 13.2 Å². The molecule has 0 bridgehead atoms. The van der Waals surface area contributed by atoms with Gasteiger partial charge < -0.3 is 35.4 Å². The number of nitrogens with zero attached hydrogens (tertiary/aromatic N) is 3. The highest BCUT2D eigenvalue weighted by molar-refractivity contribution is 7.12. The number of hydrogen-bond donors (Lipinski definition) is 6. The van der Waals surface area contributed by atoms with E-state index in [2.05, 4.69) is 13.8 Å². The first-order valence-electron chi connectivity index (χ1n) is 35.5. The number of piperidine rings is 1. The molecule has 2 saturated carbocycles. The predicted molar refractivity (Wildman–Crippen MR) is 371 cm³/mol. The second-order valence-corrected chi connectivity index (χ2v) is 28.7. The fourth-order valence-corrected chi connectivity index (χ4v) is 14.7. The summed E-state index contributed by atoms with van der Waals surface area (Å²) in [6, 6.07) is 23.5. The Morgan fingerprint density at radius 1 is 0.495 bits per heavy atom. The standard InChI is InChI=1S/C26H24F3NO5S.C26H39F2NO4.C25H37F2NO4/c27-26(28,29)22-21(18-4-2-1-3-5-18)14-20(36-22)16-35-19-8-6-17(7-9-19)15-30-12-10-25(11-13-30,23(31)32)24(33)34;1-3-4-5-6-7-8-9-10-11-19-12-13-20(23(28)22(19)27)18-29(2)21-14-16-26(17-15-21,24(30)31)25(32)33;1-3-4-5-6-7-8-9-10-18-11-12-19(22(27)21(18)26)17-28(2)20-13-15-25(16-14-20,23(29)30)24(31)32/h1-9,14H,10-13,15-16H2,(H,31,32)(H,33,34);12-13,21H,3-11,14-18H2,1-2H3,(H,30,31)(H,32,33);11-12,20H,3-10,13-17H2,1-2H3,(H,29,30)(H,31,32). The minimum atomic E-state index is -4.46. The highest BCUT2D eigenvalue weighted by atomic mass is 32.1. The van der Waals surface area contributed by atoms with Crippen molar-refractivity contribution in [1.29, 1.82) is 0 Å². The van der Waals surface area contributed by atoms with Gasteiger partial charge in [0.15, 0.2) is 39.5 Å². The Kier molecular flexibility index (Phi) is 32.1. The van der Waals surface area contributed by atoms with E-state index in [-0.39, 0.29) is 87.0 Å². The fourth-order valence-electron chi connectivity index (χ4n) is 13.8. The summed E-state index contributed by atoms with van der Waals surface area (Å²) >= 11 is 0.671. The van der Waals surface area contributed by atoms with E-state index in [0.717, 1.165) is 44.1 Å². The van der Waals surface area contributed by atoms with Gasteiger partial charge in [-0.1, -0.05) is 164 Å². The van der Waals surface area contributed by atoms with Crippen molar-refractivity contribution in [1.82, 2.24) is 14.7 Å². The van der Waals surface area contributed by atoms with Gasteiger partial charge in [-0.3, -0.25) is 43.5 Å². The molecule has 16 nitrogen and oxygen atoms in total. The molecule has 2 heterocycles. The van der Waals surface area contributed by atoms with Gasteiger partial charge in [0.05, 0.1) is 0 Å². The molecular formula is C77H100F7N3O13S. The van der Waals surface area contributed by atoms with Crippen LogP contribution in [-0.2, 0) is 74.0 Å². The lowest BCUT2D eigenvalue weighted by molar-refractivity contribution is -0.170. The Bertz CT molecular complexity index is 3440. The lowest BCUT2D eigenvalue weighted by Gasteiger charge is -2.37. The van der Waals surface area contributed by atoms with Crippen LogP contribution in [0.3, 0.4) is 0 Å². The number of thiophene rings is 1. The third-order valence-corrected chi connectivity index (χ3v) is 21.7. The molecule has 0 amide bonds. The van der Waals surface area contributed by atoms with Crippen LogP contribution in [0.4, 0.5) is 30.7 Å². The average molecular weight is 1440 g/mol. The van der Waals surface area contributed by atoms with E-state index in [1.54, 1.807) is 80.8 Å². The number of carboxylic acids is 6. The van der Waals surface area contributed by atoms with Crippen molar-refractivity contribution in [2.45, 2.75) is 232 Å². The van der Waals surface area contributed by atoms with Crippen molar-refractivity contribution in [2.75, 3.05) is 27.2 Å². The van der Waals surface area contributed by atoms with Crippen LogP contribution in [0.15, 0.2) is 84.9 Å². The normalized spacial score (nSPS) is 16.2. The molecule has 6 N–H and O–H groups in total. The molecule has 3 aliphatic rings. The van der Waals surface area contributed by atoms with Crippen LogP contribution in [0.5, 0.6) is 5.75 Å². The Labute approximate surface area is 591 Å². The number of carboxylic acid groups (broad SMARTS) is 6. The van der Waals surface area contributed by atoms with Gasteiger partial charge in [-0.25, -0.2) is 17.6 Å². The zero-order chi connectivity index (χ0) is 74.1. The first kappa shape index (κ1) is 82.5. The van der Waals surface area contributed by atoms with Crippen LogP contribution in [-0.4, -0.2) is 120 Å². The number of ether oxygens (including phenoxy) is 1. The summed E-state index contributed by atoms with van der Waals surface area (Å²) in [4.78, 5) is 74.3. The summed E-state index contributed by atoms with van der Waals surface area (Å²) in [7, 11) is 3.56. The number of carbonyl (C=O) groups is 6. The minimum absolute atomic E-state index is 0.00148. The van der Waals surface area contributed by atoms with E-state index in [0.29, 0.717) is 96.8 Å². The Morgan fingerprint density at radius 3 is 1.23 bits per heavy atom. The SMILES string of the molecule is CCCCCCCCCCc1ccc(CN(C)C2CCC(C(=O)O)(C(=O)O)CC2)c(F)c1F.CCCCCCCCCc1ccc(CN(C)C2CCC(C(=O)O)(C(=O)O)CC2)c(F)c1F.O=C(O)C1(C(=O)O)CCN(Cc2ccc(OCc3cc(-c4ccccc4)c(C(F)(F)F)s3)cc2)CC1. The Morgan fingerprint density at radius 2 is 0.851 bits per heavy atom. The summed E-state index contributed by atoms with van der Waals surface area (Å²) < 4.78 is 105. The van der Waals surface area contributed by atoms with E-state index in [4.69, 9.17) is 4.74 Å². The number of rotatable bonds is 35. The van der Waals surface area contributed by atoms with Gasteiger partial charge in [-0.15, -0.1) is 11.3 Å². The van der Waals surface area contributed by atoms with E-state index in [9.17, 15) is 90.1 Å². The van der Waals surface area contributed by atoms with Crippen LogP contribution in [0.2, 0.25) is 0 Å². The molecule has 1 aromatic heterocycles. The molecule has 1 aliphatic heterocycles. The summed E-state index contributed by atoms with van der Waals surface area (Å²) in [5.41, 5.74) is -2.30. The Hall–Kier alpha value is -7.41. The maximum absolute atomic E-state index is 14.7. The minimum Gasteiger partial charge on any atom is -0.488 e. The Balaban J connectivity index is 0.000000239. The van der Waals surface area contributed by atoms with E-state index >= 15 is 0 Å². The van der Waals surface area contributed by atoms with Crippen LogP contribution >= 0.6 is 11.3 Å². The van der Waals surface area contributed by atoms with Crippen molar-refractivity contribution in [3.63, 3.8) is 0 Å². The van der Waals surface area contributed by atoms with Gasteiger partial charge in [0.25, 0.3) is 0 Å². The quantitative estimate of drug-likeness (QED) is 0.0125. The second kappa shape index (κ2) is 39.3. The highest BCUT2D eigenvalue weighted by Gasteiger charge is 2.51. The van der Waals surface area contributed by atoms with Crippen molar-refractivity contribution in [2.24, 2.45) is 16.2 Å². The predicted octanol–water partition coefficient (Wildman–Crippen LogP) is 17.7. The maximum Gasteiger partial charge on any atom is 0.426 e.